The minimum absolute atomic E-state index is 0.216. The van der Waals surface area contributed by atoms with Crippen molar-refractivity contribution < 1.29 is 46.9 Å². The molecule has 4 N–H and O–H groups in total. The number of oxazole rings is 1. The third kappa shape index (κ3) is 7.70. The van der Waals surface area contributed by atoms with Crippen LogP contribution < -0.4 is 9.47 Å². The van der Waals surface area contributed by atoms with Crippen molar-refractivity contribution in [2.75, 3.05) is 0 Å². The number of hydrogen-bond acceptors (Lipinski definition) is 12. The summed E-state index contributed by atoms with van der Waals surface area (Å²) in [6.07, 6.45) is -5.16. The molecule has 0 aliphatic carbocycles. The predicted molar refractivity (Wildman–Crippen MR) is 158 cm³/mol. The van der Waals surface area contributed by atoms with Gasteiger partial charge in [-0.3, -0.25) is 0 Å². The van der Waals surface area contributed by atoms with Crippen LogP contribution in [0.1, 0.15) is 60.2 Å². The number of halogens is 3. The Labute approximate surface area is 274 Å². The average molecular weight is 689 g/mol. The zero-order valence-corrected chi connectivity index (χ0v) is 24.9. The Morgan fingerprint density at radius 1 is 0.837 bits per heavy atom. The zero-order chi connectivity index (χ0) is 34.5. The molecular weight excluding hydrogens is 673 g/mol. The van der Waals surface area contributed by atoms with Crippen LogP contribution in [-0.4, -0.2) is 62.9 Å². The number of hydrogen-bond donors (Lipinski definition) is 4. The molecule has 244 valence electrons. The van der Waals surface area contributed by atoms with Gasteiger partial charge in [0.05, 0.1) is 12.1 Å². The summed E-state index contributed by atoms with van der Waals surface area (Å²) in [7, 11) is 0. The highest BCUT2D eigenvalue weighted by atomic mass is 32.1. The van der Waals surface area contributed by atoms with Gasteiger partial charge >= 0.3 is 18.1 Å². The van der Waals surface area contributed by atoms with Crippen molar-refractivity contribution in [2.45, 2.75) is 12.6 Å². The number of aromatic amines is 2. The van der Waals surface area contributed by atoms with Crippen molar-refractivity contribution in [3.05, 3.63) is 104 Å². The number of carboxylic acid groups (broad SMARTS) is 2. The molecule has 0 fully saturated rings. The molecule has 4 aromatic heterocycles. The van der Waals surface area contributed by atoms with Gasteiger partial charge in [0.15, 0.2) is 10.7 Å². The number of rotatable bonds is 8. The molecule has 6 rings (SSSR count). The maximum absolute atomic E-state index is 13.8. The van der Waals surface area contributed by atoms with E-state index in [1.807, 2.05) is 0 Å². The maximum atomic E-state index is 13.8. The lowest BCUT2D eigenvalue weighted by molar-refractivity contribution is -0.141. The highest BCUT2D eigenvalue weighted by Crippen LogP contribution is 2.33. The summed E-state index contributed by atoms with van der Waals surface area (Å²) >= 11 is 1.11. The number of aromatic nitrogens is 8. The number of nitrogens with one attached hydrogen (secondary N) is 2. The van der Waals surface area contributed by atoms with Crippen molar-refractivity contribution in [1.29, 1.82) is 0 Å². The first-order chi connectivity index (χ1) is 23.5. The van der Waals surface area contributed by atoms with Gasteiger partial charge in [0.25, 0.3) is 17.7 Å². The third-order valence-electron chi connectivity index (χ3n) is 6.06. The van der Waals surface area contributed by atoms with E-state index in [4.69, 9.17) is 24.1 Å². The fraction of sp³-hybridized carbons (Fsp3) is 0.0667. The Morgan fingerprint density at radius 3 is 2.14 bits per heavy atom. The van der Waals surface area contributed by atoms with E-state index in [0.29, 0.717) is 16.1 Å². The van der Waals surface area contributed by atoms with E-state index >= 15 is 0 Å². The number of thiazole rings is 1. The average Bonchev–Trinajstić information content (AvgIpc) is 3.88. The number of benzene rings is 2. The van der Waals surface area contributed by atoms with Crippen LogP contribution in [0.15, 0.2) is 58.3 Å². The molecule has 4 heterocycles. The molecule has 0 spiro atoms. The molecule has 0 atom stereocenters. The molecule has 0 saturated carbocycles. The Bertz CT molecular complexity index is 2300. The van der Waals surface area contributed by atoms with Gasteiger partial charge in [0, 0.05) is 16.5 Å². The fourth-order valence-electron chi connectivity index (χ4n) is 3.93. The molecular formula is C30H15F3N8O7S. The number of carboxylic acids is 2. The second-order valence-electron chi connectivity index (χ2n) is 9.46. The van der Waals surface area contributed by atoms with Gasteiger partial charge in [0.1, 0.15) is 17.3 Å². The summed E-state index contributed by atoms with van der Waals surface area (Å²) in [5.74, 6) is 7.27. The number of ether oxygens (including phenoxy) is 2. The summed E-state index contributed by atoms with van der Waals surface area (Å²) in [6, 6.07) is 12.3. The molecule has 0 radical (unpaired) electrons. The lowest BCUT2D eigenvalue weighted by Gasteiger charge is -2.03. The number of nitrogens with zero attached hydrogens (tertiary/aromatic N) is 6. The van der Waals surface area contributed by atoms with Crippen molar-refractivity contribution >= 4 is 23.3 Å². The van der Waals surface area contributed by atoms with Gasteiger partial charge in [-0.2, -0.15) is 18.2 Å². The molecule has 19 heteroatoms. The fourth-order valence-corrected chi connectivity index (χ4v) is 4.60. The highest BCUT2D eigenvalue weighted by Gasteiger charge is 2.38. The first kappa shape index (κ1) is 32.0. The Hall–Kier alpha value is -6.99. The van der Waals surface area contributed by atoms with Gasteiger partial charge < -0.3 is 24.1 Å². The maximum Gasteiger partial charge on any atom is 0.436 e. The zero-order valence-electron chi connectivity index (χ0n) is 24.1. The van der Waals surface area contributed by atoms with Crippen molar-refractivity contribution in [1.82, 2.24) is 40.8 Å². The van der Waals surface area contributed by atoms with Crippen LogP contribution in [0, 0.1) is 23.7 Å². The monoisotopic (exact) mass is 688 g/mol. The largest absolute Gasteiger partial charge is 0.476 e. The van der Waals surface area contributed by atoms with E-state index in [1.165, 1.54) is 35.7 Å². The SMILES string of the molecule is O=C(O)c1[nH]nnc1Oc1ccc(C#Cc2nc(C(F)(F)F)c(Cc3csc(C#Cc4cccc(Oc5nn[nH]c5C(=O)O)c4)n3)o2)cc1. The normalized spacial score (nSPS) is 10.8. The third-order valence-corrected chi connectivity index (χ3v) is 6.87. The van der Waals surface area contributed by atoms with Crippen LogP contribution in [0.2, 0.25) is 0 Å². The quantitative estimate of drug-likeness (QED) is 0.159. The molecule has 0 saturated heterocycles. The molecule has 0 amide bonds. The Kier molecular flexibility index (Phi) is 8.74. The van der Waals surface area contributed by atoms with Crippen LogP contribution in [0.25, 0.3) is 0 Å². The topological polar surface area (TPSA) is 215 Å². The minimum atomic E-state index is -4.82. The van der Waals surface area contributed by atoms with Crippen molar-refractivity contribution in [3.63, 3.8) is 0 Å². The van der Waals surface area contributed by atoms with Crippen LogP contribution in [-0.2, 0) is 12.6 Å². The van der Waals surface area contributed by atoms with E-state index in [0.717, 1.165) is 11.3 Å². The van der Waals surface area contributed by atoms with Crippen molar-refractivity contribution in [2.24, 2.45) is 0 Å². The first-order valence-corrected chi connectivity index (χ1v) is 14.3. The molecule has 0 unspecified atom stereocenters. The molecule has 49 heavy (non-hydrogen) atoms. The smallest absolute Gasteiger partial charge is 0.436 e. The van der Waals surface area contributed by atoms with E-state index < -0.39 is 35.5 Å². The molecule has 0 aliphatic heterocycles. The van der Waals surface area contributed by atoms with Crippen LogP contribution in [0.4, 0.5) is 13.2 Å². The number of alkyl halides is 3. The molecule has 0 aliphatic rings. The van der Waals surface area contributed by atoms with Gasteiger partial charge in [-0.1, -0.05) is 38.5 Å². The molecule has 6 aromatic rings. The summed E-state index contributed by atoms with van der Waals surface area (Å²) < 4.78 is 57.7. The second kappa shape index (κ2) is 13.4. The van der Waals surface area contributed by atoms with E-state index in [-0.39, 0.29) is 46.8 Å². The summed E-state index contributed by atoms with van der Waals surface area (Å²) in [6.45, 7) is 0. The highest BCUT2D eigenvalue weighted by molar-refractivity contribution is 7.10. The van der Waals surface area contributed by atoms with Gasteiger partial charge in [0.2, 0.25) is 11.4 Å². The standard InChI is InChI=1S/C30H15F3N8O7S/c31-30(32,33)25-20(48-21(35-25)10-6-15-4-8-18(9-5-15)46-26-23(28(42)43)36-40-38-26)13-17-14-49-22(34-17)11-7-16-2-1-3-19(12-16)47-27-24(29(44)45)37-41-39-27/h1-5,8-9,12,14H,13H2,(H,42,43)(H,44,45)(H,36,38,40)(H,37,39,41). The Balaban J connectivity index is 1.14. The minimum Gasteiger partial charge on any atom is -0.476 e. The van der Waals surface area contributed by atoms with Crippen LogP contribution >= 0.6 is 11.3 Å². The molecule has 0 bridgehead atoms. The van der Waals surface area contributed by atoms with E-state index in [2.05, 4.69) is 64.5 Å². The van der Waals surface area contributed by atoms with Gasteiger partial charge in [-0.25, -0.2) is 24.8 Å². The van der Waals surface area contributed by atoms with E-state index in [1.54, 1.807) is 18.2 Å². The predicted octanol–water partition coefficient (Wildman–Crippen LogP) is 4.76. The molecule has 15 nitrogen and oxygen atoms in total. The van der Waals surface area contributed by atoms with E-state index in [9.17, 15) is 22.8 Å². The molecule has 2 aromatic carbocycles. The summed E-state index contributed by atoms with van der Waals surface area (Å²) in [5.41, 5.74) is -0.790. The second-order valence-corrected chi connectivity index (χ2v) is 10.3. The van der Waals surface area contributed by atoms with Crippen molar-refractivity contribution in [3.8, 4) is 46.9 Å². The number of H-pyrrole nitrogens is 2. The van der Waals surface area contributed by atoms with Crippen LogP contribution in [0.3, 0.4) is 0 Å². The Morgan fingerprint density at radius 2 is 1.49 bits per heavy atom. The lowest BCUT2D eigenvalue weighted by atomic mass is 10.2. The van der Waals surface area contributed by atoms with Gasteiger partial charge in [-0.15, -0.1) is 11.3 Å². The van der Waals surface area contributed by atoms with Gasteiger partial charge in [-0.05, 0) is 54.3 Å². The number of aromatic carboxylic acids is 2. The van der Waals surface area contributed by atoms with Crippen LogP contribution in [0.5, 0.6) is 23.3 Å². The number of carbonyl (C=O) groups is 2. The first-order valence-electron chi connectivity index (χ1n) is 13.4. The lowest BCUT2D eigenvalue weighted by Crippen LogP contribution is -2.09. The summed E-state index contributed by atoms with van der Waals surface area (Å²) in [5, 5.41) is 38.5. The summed E-state index contributed by atoms with van der Waals surface area (Å²) in [4.78, 5) is 30.2.